The molecule has 2 heterocycles. The number of carbonyl (C=O) groups is 1. The molecule has 1 aromatic carbocycles. The molecule has 1 fully saturated rings. The molecule has 0 spiro atoms. The van der Waals surface area contributed by atoms with Crippen molar-refractivity contribution in [2.75, 3.05) is 13.2 Å². The minimum absolute atomic E-state index is 0.0301. The van der Waals surface area contributed by atoms with Crippen LogP contribution in [0.5, 0.6) is 0 Å². The van der Waals surface area contributed by atoms with Crippen molar-refractivity contribution < 1.29 is 14.3 Å². The zero-order chi connectivity index (χ0) is 15.4. The summed E-state index contributed by atoms with van der Waals surface area (Å²) >= 11 is 0. The monoisotopic (exact) mass is 302 g/mol. The first kappa shape index (κ1) is 14.7. The average molecular weight is 302 g/mol. The molecule has 6 heteroatoms. The number of H-pyrrole nitrogens is 1. The lowest BCUT2D eigenvalue weighted by atomic mass is 10.2. The van der Waals surface area contributed by atoms with Crippen LogP contribution in [0, 0.1) is 0 Å². The number of esters is 1. The Morgan fingerprint density at radius 2 is 2.27 bits per heavy atom. The Bertz CT molecular complexity index is 719. The highest BCUT2D eigenvalue weighted by molar-refractivity contribution is 5.77. The van der Waals surface area contributed by atoms with Gasteiger partial charge in [0.25, 0.3) is 5.56 Å². The first-order chi connectivity index (χ1) is 10.7. The summed E-state index contributed by atoms with van der Waals surface area (Å²) < 4.78 is 10.6. The summed E-state index contributed by atoms with van der Waals surface area (Å²) in [5, 5.41) is 0.548. The van der Waals surface area contributed by atoms with Crippen molar-refractivity contribution in [3.05, 3.63) is 40.4 Å². The van der Waals surface area contributed by atoms with E-state index in [1.54, 1.807) is 18.2 Å². The second-order valence-corrected chi connectivity index (χ2v) is 5.35. The van der Waals surface area contributed by atoms with Gasteiger partial charge in [0.2, 0.25) is 0 Å². The van der Waals surface area contributed by atoms with E-state index in [0.29, 0.717) is 29.8 Å². The fourth-order valence-electron chi connectivity index (χ4n) is 2.51. The van der Waals surface area contributed by atoms with Crippen LogP contribution in [-0.2, 0) is 20.7 Å². The van der Waals surface area contributed by atoms with Crippen molar-refractivity contribution >= 4 is 16.9 Å². The predicted octanol–water partition coefficient (Wildman–Crippen LogP) is 1.58. The number of aromatic amines is 1. The van der Waals surface area contributed by atoms with Crippen LogP contribution in [0.15, 0.2) is 29.1 Å². The van der Waals surface area contributed by atoms with Crippen molar-refractivity contribution in [2.24, 2.45) is 0 Å². The van der Waals surface area contributed by atoms with E-state index in [1.165, 1.54) is 0 Å². The Labute approximate surface area is 127 Å². The highest BCUT2D eigenvalue weighted by Crippen LogP contribution is 2.12. The zero-order valence-corrected chi connectivity index (χ0v) is 12.2. The Hall–Kier alpha value is -2.21. The summed E-state index contributed by atoms with van der Waals surface area (Å²) in [5.41, 5.74) is 0.447. The summed E-state index contributed by atoms with van der Waals surface area (Å²) in [6, 6.07) is 7.13. The van der Waals surface area contributed by atoms with E-state index in [0.717, 1.165) is 19.4 Å². The number of hydrogen-bond acceptors (Lipinski definition) is 5. The Kier molecular flexibility index (Phi) is 4.48. The molecule has 22 heavy (non-hydrogen) atoms. The Balaban J connectivity index is 1.56. The molecule has 1 atom stereocenters. The minimum atomic E-state index is -0.300. The summed E-state index contributed by atoms with van der Waals surface area (Å²) in [7, 11) is 0. The number of ether oxygens (including phenoxy) is 2. The Morgan fingerprint density at radius 1 is 1.41 bits per heavy atom. The van der Waals surface area contributed by atoms with Gasteiger partial charge in [-0.2, -0.15) is 0 Å². The van der Waals surface area contributed by atoms with Gasteiger partial charge in [-0.3, -0.25) is 9.59 Å². The molecule has 0 radical (unpaired) electrons. The third-order valence-corrected chi connectivity index (χ3v) is 3.68. The lowest BCUT2D eigenvalue weighted by Gasteiger charge is -2.10. The average Bonchev–Trinajstić information content (AvgIpc) is 3.04. The molecule has 0 saturated carbocycles. The normalized spacial score (nSPS) is 17.7. The second-order valence-electron chi connectivity index (χ2n) is 5.35. The molecule has 1 aliphatic rings. The Morgan fingerprint density at radius 3 is 3.09 bits per heavy atom. The van der Waals surface area contributed by atoms with Crippen LogP contribution >= 0.6 is 0 Å². The lowest BCUT2D eigenvalue weighted by Crippen LogP contribution is -2.19. The van der Waals surface area contributed by atoms with Gasteiger partial charge in [0, 0.05) is 13.0 Å². The van der Waals surface area contributed by atoms with Gasteiger partial charge in [0.05, 0.1) is 23.4 Å². The van der Waals surface area contributed by atoms with E-state index in [-0.39, 0.29) is 24.1 Å². The maximum Gasteiger partial charge on any atom is 0.306 e. The van der Waals surface area contributed by atoms with Crippen molar-refractivity contribution in [3.8, 4) is 0 Å². The van der Waals surface area contributed by atoms with Crippen LogP contribution in [0.4, 0.5) is 0 Å². The number of hydrogen-bond donors (Lipinski definition) is 1. The molecule has 1 unspecified atom stereocenters. The van der Waals surface area contributed by atoms with Crippen molar-refractivity contribution in [2.45, 2.75) is 31.8 Å². The van der Waals surface area contributed by atoms with Gasteiger partial charge < -0.3 is 14.5 Å². The second kappa shape index (κ2) is 6.70. The summed E-state index contributed by atoms with van der Waals surface area (Å²) in [6.45, 7) is 1.05. The van der Waals surface area contributed by atoms with Crippen LogP contribution in [0.2, 0.25) is 0 Å². The maximum absolute atomic E-state index is 11.9. The van der Waals surface area contributed by atoms with E-state index in [2.05, 4.69) is 9.97 Å². The molecule has 116 valence electrons. The number of nitrogens with zero attached hydrogens (tertiary/aromatic N) is 1. The fraction of sp³-hybridized carbons (Fsp3) is 0.438. The standard InChI is InChI=1S/C16H18N2O4/c19-15(22-10-11-4-3-9-21-11)8-7-14-17-13-6-2-1-5-12(13)16(20)18-14/h1-2,5-6,11H,3-4,7-10H2,(H,17,18,20). The van der Waals surface area contributed by atoms with Crippen LogP contribution in [-0.4, -0.2) is 35.3 Å². The molecule has 0 aliphatic carbocycles. The van der Waals surface area contributed by atoms with E-state index in [4.69, 9.17) is 9.47 Å². The number of fused-ring (bicyclic) bond motifs is 1. The van der Waals surface area contributed by atoms with Crippen molar-refractivity contribution in [3.63, 3.8) is 0 Å². The summed E-state index contributed by atoms with van der Waals surface area (Å²) in [5.74, 6) is 0.198. The van der Waals surface area contributed by atoms with Crippen LogP contribution in [0.1, 0.15) is 25.1 Å². The summed E-state index contributed by atoms with van der Waals surface area (Å²) in [6.07, 6.45) is 2.53. The number of carbonyl (C=O) groups excluding carboxylic acids is 1. The van der Waals surface area contributed by atoms with Gasteiger partial charge >= 0.3 is 5.97 Å². The predicted molar refractivity (Wildman–Crippen MR) is 80.6 cm³/mol. The maximum atomic E-state index is 11.9. The third kappa shape index (κ3) is 3.51. The van der Waals surface area contributed by atoms with Gasteiger partial charge in [-0.25, -0.2) is 4.98 Å². The number of rotatable bonds is 5. The van der Waals surface area contributed by atoms with E-state index < -0.39 is 0 Å². The molecule has 1 aromatic heterocycles. The van der Waals surface area contributed by atoms with E-state index in [1.807, 2.05) is 6.07 Å². The van der Waals surface area contributed by atoms with Gasteiger partial charge in [0.1, 0.15) is 12.4 Å². The molecule has 1 saturated heterocycles. The van der Waals surface area contributed by atoms with Gasteiger partial charge in [0.15, 0.2) is 0 Å². The van der Waals surface area contributed by atoms with Gasteiger partial charge in [-0.1, -0.05) is 12.1 Å². The number of nitrogens with one attached hydrogen (secondary N) is 1. The molecule has 3 rings (SSSR count). The first-order valence-corrected chi connectivity index (χ1v) is 7.47. The molecule has 1 aliphatic heterocycles. The number of benzene rings is 1. The SMILES string of the molecule is O=C(CCc1nc2ccccc2c(=O)[nH]1)OCC1CCCO1. The highest BCUT2D eigenvalue weighted by Gasteiger charge is 2.17. The molecule has 6 nitrogen and oxygen atoms in total. The zero-order valence-electron chi connectivity index (χ0n) is 12.2. The largest absolute Gasteiger partial charge is 0.463 e. The smallest absolute Gasteiger partial charge is 0.306 e. The highest BCUT2D eigenvalue weighted by atomic mass is 16.6. The quantitative estimate of drug-likeness (QED) is 0.848. The molecular formula is C16H18N2O4. The molecule has 1 N–H and O–H groups in total. The van der Waals surface area contributed by atoms with Crippen LogP contribution in [0.25, 0.3) is 10.9 Å². The van der Waals surface area contributed by atoms with E-state index >= 15 is 0 Å². The fourth-order valence-corrected chi connectivity index (χ4v) is 2.51. The lowest BCUT2D eigenvalue weighted by molar-refractivity contribution is -0.146. The number of aromatic nitrogens is 2. The molecule has 0 amide bonds. The van der Waals surface area contributed by atoms with E-state index in [9.17, 15) is 9.59 Å². The molecular weight excluding hydrogens is 284 g/mol. The topological polar surface area (TPSA) is 81.3 Å². The first-order valence-electron chi connectivity index (χ1n) is 7.47. The van der Waals surface area contributed by atoms with Crippen LogP contribution in [0.3, 0.4) is 0 Å². The number of aryl methyl sites for hydroxylation is 1. The minimum Gasteiger partial charge on any atom is -0.463 e. The number of para-hydroxylation sites is 1. The third-order valence-electron chi connectivity index (χ3n) is 3.68. The van der Waals surface area contributed by atoms with Crippen molar-refractivity contribution in [1.82, 2.24) is 9.97 Å². The molecule has 0 bridgehead atoms. The van der Waals surface area contributed by atoms with Gasteiger partial charge in [-0.05, 0) is 25.0 Å². The molecule has 2 aromatic rings. The van der Waals surface area contributed by atoms with Gasteiger partial charge in [-0.15, -0.1) is 0 Å². The summed E-state index contributed by atoms with van der Waals surface area (Å²) in [4.78, 5) is 30.7. The van der Waals surface area contributed by atoms with Crippen molar-refractivity contribution in [1.29, 1.82) is 0 Å². The van der Waals surface area contributed by atoms with Crippen LogP contribution < -0.4 is 5.56 Å².